The highest BCUT2D eigenvalue weighted by atomic mass is 17.1. The summed E-state index contributed by atoms with van der Waals surface area (Å²) < 4.78 is 0. The van der Waals surface area contributed by atoms with Gasteiger partial charge in [0.1, 0.15) is 5.60 Å². The zero-order chi connectivity index (χ0) is 8.44. The first-order valence-corrected chi connectivity index (χ1v) is 4.89. The van der Waals surface area contributed by atoms with Crippen LogP contribution in [0, 0.1) is 0 Å². The van der Waals surface area contributed by atoms with Gasteiger partial charge in [-0.1, -0.05) is 6.08 Å². The first-order chi connectivity index (χ1) is 5.87. The number of hydrogen-bond donors (Lipinski definition) is 1. The molecule has 0 aliphatic heterocycles. The summed E-state index contributed by atoms with van der Waals surface area (Å²) in [7, 11) is 0. The molecule has 2 rings (SSSR count). The standard InChI is InChI=1S/C10H16O2/c11-12-10-7-3-1-5-9(10)6-2-4-8-10/h5,11H,1-4,6-8H2/t10-/m1/s1. The smallest absolute Gasteiger partial charge is 0.124 e. The van der Waals surface area contributed by atoms with Crippen molar-refractivity contribution in [2.24, 2.45) is 0 Å². The first kappa shape index (κ1) is 8.27. The van der Waals surface area contributed by atoms with Crippen molar-refractivity contribution in [3.63, 3.8) is 0 Å². The molecule has 12 heavy (non-hydrogen) atoms. The summed E-state index contributed by atoms with van der Waals surface area (Å²) in [5.74, 6) is 0. The summed E-state index contributed by atoms with van der Waals surface area (Å²) in [6, 6.07) is 0. The maximum Gasteiger partial charge on any atom is 0.124 e. The van der Waals surface area contributed by atoms with Crippen molar-refractivity contribution in [3.05, 3.63) is 11.6 Å². The molecule has 1 saturated carbocycles. The van der Waals surface area contributed by atoms with Crippen LogP contribution in [-0.4, -0.2) is 10.9 Å². The molecular formula is C10H16O2. The van der Waals surface area contributed by atoms with E-state index in [2.05, 4.69) is 6.08 Å². The minimum absolute atomic E-state index is 0.267. The lowest BCUT2D eigenvalue weighted by Crippen LogP contribution is -2.38. The van der Waals surface area contributed by atoms with Crippen molar-refractivity contribution < 1.29 is 10.1 Å². The van der Waals surface area contributed by atoms with E-state index in [-0.39, 0.29) is 5.60 Å². The van der Waals surface area contributed by atoms with Crippen LogP contribution in [0.15, 0.2) is 11.6 Å². The predicted octanol–water partition coefficient (Wildman–Crippen LogP) is 2.90. The molecule has 0 amide bonds. The van der Waals surface area contributed by atoms with Crippen LogP contribution in [0.5, 0.6) is 0 Å². The fraction of sp³-hybridized carbons (Fsp3) is 0.800. The first-order valence-electron chi connectivity index (χ1n) is 4.89. The van der Waals surface area contributed by atoms with Crippen molar-refractivity contribution in [3.8, 4) is 0 Å². The molecule has 2 heteroatoms. The van der Waals surface area contributed by atoms with Gasteiger partial charge in [0.15, 0.2) is 0 Å². The highest BCUT2D eigenvalue weighted by Gasteiger charge is 2.38. The van der Waals surface area contributed by atoms with E-state index in [9.17, 15) is 0 Å². The lowest BCUT2D eigenvalue weighted by Gasteiger charge is -2.39. The molecule has 0 aromatic carbocycles. The van der Waals surface area contributed by atoms with Gasteiger partial charge in [-0.25, -0.2) is 4.89 Å². The Morgan fingerprint density at radius 3 is 2.83 bits per heavy atom. The normalized spacial score (nSPS) is 35.6. The number of hydrogen-bond acceptors (Lipinski definition) is 2. The van der Waals surface area contributed by atoms with Gasteiger partial charge in [-0.05, 0) is 50.5 Å². The lowest BCUT2D eigenvalue weighted by molar-refractivity contribution is -0.318. The summed E-state index contributed by atoms with van der Waals surface area (Å²) in [6.07, 6.45) is 10.2. The number of rotatable bonds is 1. The average molecular weight is 168 g/mol. The monoisotopic (exact) mass is 168 g/mol. The quantitative estimate of drug-likeness (QED) is 0.370. The third-order valence-corrected chi connectivity index (χ3v) is 3.21. The van der Waals surface area contributed by atoms with E-state index >= 15 is 0 Å². The van der Waals surface area contributed by atoms with Crippen molar-refractivity contribution >= 4 is 0 Å². The molecule has 0 spiro atoms. The van der Waals surface area contributed by atoms with Crippen molar-refractivity contribution in [2.45, 2.75) is 50.5 Å². The minimum atomic E-state index is -0.267. The van der Waals surface area contributed by atoms with Crippen molar-refractivity contribution in [1.82, 2.24) is 0 Å². The fourth-order valence-corrected chi connectivity index (χ4v) is 2.50. The zero-order valence-corrected chi connectivity index (χ0v) is 7.38. The summed E-state index contributed by atoms with van der Waals surface area (Å²) in [6.45, 7) is 0. The highest BCUT2D eigenvalue weighted by molar-refractivity contribution is 5.21. The van der Waals surface area contributed by atoms with E-state index in [0.717, 1.165) is 25.7 Å². The highest BCUT2D eigenvalue weighted by Crippen LogP contribution is 2.42. The topological polar surface area (TPSA) is 29.5 Å². The van der Waals surface area contributed by atoms with E-state index in [0.29, 0.717) is 0 Å². The Bertz CT molecular complexity index is 198. The van der Waals surface area contributed by atoms with Gasteiger partial charge in [0.2, 0.25) is 0 Å². The maximum atomic E-state index is 8.94. The Hall–Kier alpha value is -0.340. The summed E-state index contributed by atoms with van der Waals surface area (Å²) in [5, 5.41) is 8.94. The van der Waals surface area contributed by atoms with E-state index < -0.39 is 0 Å². The Balaban J connectivity index is 2.23. The molecule has 0 radical (unpaired) electrons. The van der Waals surface area contributed by atoms with Crippen LogP contribution in [0.2, 0.25) is 0 Å². The van der Waals surface area contributed by atoms with Crippen molar-refractivity contribution in [1.29, 1.82) is 0 Å². The minimum Gasteiger partial charge on any atom is -0.251 e. The molecule has 0 unspecified atom stereocenters. The van der Waals surface area contributed by atoms with Gasteiger partial charge in [0.05, 0.1) is 0 Å². The number of fused-ring (bicyclic) bond motifs is 1. The van der Waals surface area contributed by atoms with Crippen LogP contribution in [0.4, 0.5) is 0 Å². The molecule has 2 aliphatic rings. The molecule has 1 atom stereocenters. The van der Waals surface area contributed by atoms with E-state index in [1.807, 2.05) is 0 Å². The molecule has 0 saturated heterocycles. The summed E-state index contributed by atoms with van der Waals surface area (Å²) >= 11 is 0. The van der Waals surface area contributed by atoms with Crippen LogP contribution < -0.4 is 0 Å². The molecule has 1 N–H and O–H groups in total. The fourth-order valence-electron chi connectivity index (χ4n) is 2.50. The second-order valence-electron chi connectivity index (χ2n) is 3.91. The molecule has 68 valence electrons. The van der Waals surface area contributed by atoms with Crippen molar-refractivity contribution in [2.75, 3.05) is 0 Å². The summed E-state index contributed by atoms with van der Waals surface area (Å²) in [5.41, 5.74) is 1.08. The van der Waals surface area contributed by atoms with Crippen LogP contribution in [0.1, 0.15) is 44.9 Å². The molecule has 2 aliphatic carbocycles. The number of allylic oxidation sites excluding steroid dienone is 1. The van der Waals surface area contributed by atoms with Crippen LogP contribution in [-0.2, 0) is 4.89 Å². The van der Waals surface area contributed by atoms with Gasteiger partial charge in [-0.2, -0.15) is 0 Å². The Morgan fingerprint density at radius 1 is 1.25 bits per heavy atom. The van der Waals surface area contributed by atoms with Gasteiger partial charge < -0.3 is 0 Å². The second-order valence-corrected chi connectivity index (χ2v) is 3.91. The molecule has 1 fully saturated rings. The average Bonchev–Trinajstić information content (AvgIpc) is 2.18. The van der Waals surface area contributed by atoms with Gasteiger partial charge in [-0.3, -0.25) is 5.26 Å². The molecule has 0 aromatic rings. The molecule has 2 nitrogen and oxygen atoms in total. The zero-order valence-electron chi connectivity index (χ0n) is 7.38. The third kappa shape index (κ3) is 1.19. The van der Waals surface area contributed by atoms with Crippen LogP contribution >= 0.6 is 0 Å². The van der Waals surface area contributed by atoms with E-state index in [4.69, 9.17) is 10.1 Å². The van der Waals surface area contributed by atoms with E-state index in [1.54, 1.807) is 0 Å². The Morgan fingerprint density at radius 2 is 2.08 bits per heavy atom. The largest absolute Gasteiger partial charge is 0.251 e. The van der Waals surface area contributed by atoms with Gasteiger partial charge in [-0.15, -0.1) is 0 Å². The Labute approximate surface area is 73.2 Å². The SMILES string of the molecule is OO[C@@]12CCCC=C1CCCC2. The molecule has 0 bridgehead atoms. The second kappa shape index (κ2) is 3.19. The van der Waals surface area contributed by atoms with Crippen LogP contribution in [0.25, 0.3) is 0 Å². The van der Waals surface area contributed by atoms with E-state index in [1.165, 1.54) is 24.8 Å². The Kier molecular flexibility index (Phi) is 2.20. The van der Waals surface area contributed by atoms with Gasteiger partial charge >= 0.3 is 0 Å². The van der Waals surface area contributed by atoms with Crippen LogP contribution in [0.3, 0.4) is 0 Å². The lowest BCUT2D eigenvalue weighted by atomic mass is 9.74. The maximum absolute atomic E-state index is 8.94. The molecular weight excluding hydrogens is 152 g/mol. The predicted molar refractivity (Wildman–Crippen MR) is 46.8 cm³/mol. The molecule has 0 aromatic heterocycles. The van der Waals surface area contributed by atoms with Gasteiger partial charge in [0, 0.05) is 0 Å². The third-order valence-electron chi connectivity index (χ3n) is 3.21. The summed E-state index contributed by atoms with van der Waals surface area (Å²) in [4.78, 5) is 4.71. The molecule has 0 heterocycles. The van der Waals surface area contributed by atoms with Gasteiger partial charge in [0.25, 0.3) is 0 Å².